The third-order valence-corrected chi connectivity index (χ3v) is 6.77. The molecule has 178 valence electrons. The van der Waals surface area contributed by atoms with Crippen LogP contribution in [0.2, 0.25) is 0 Å². The van der Waals surface area contributed by atoms with Gasteiger partial charge in [0.2, 0.25) is 5.91 Å². The second-order valence-electron chi connectivity index (χ2n) is 9.08. The van der Waals surface area contributed by atoms with Gasteiger partial charge in [0.15, 0.2) is 0 Å². The molecular weight excluding hydrogens is 429 g/mol. The van der Waals surface area contributed by atoms with Crippen LogP contribution in [0.5, 0.6) is 5.75 Å². The highest BCUT2D eigenvalue weighted by molar-refractivity contribution is 7.97. The highest BCUT2D eigenvalue weighted by atomic mass is 32.2. The lowest BCUT2D eigenvalue weighted by molar-refractivity contribution is -0.134. The van der Waals surface area contributed by atoms with Gasteiger partial charge in [-0.1, -0.05) is 11.9 Å². The van der Waals surface area contributed by atoms with Gasteiger partial charge in [0.05, 0.1) is 18.7 Å². The number of hydrogen-bond acceptors (Lipinski definition) is 5. The van der Waals surface area contributed by atoms with Crippen molar-refractivity contribution >= 4 is 23.8 Å². The smallest absolute Gasteiger partial charge is 0.264 e. The van der Waals surface area contributed by atoms with Crippen molar-refractivity contribution < 1.29 is 18.7 Å². The fourth-order valence-corrected chi connectivity index (χ4v) is 4.66. The van der Waals surface area contributed by atoms with Crippen molar-refractivity contribution in [1.29, 1.82) is 0 Å². The van der Waals surface area contributed by atoms with Gasteiger partial charge in [0, 0.05) is 24.9 Å². The third-order valence-electron chi connectivity index (χ3n) is 6.38. The van der Waals surface area contributed by atoms with E-state index in [2.05, 4.69) is 9.62 Å². The number of carbonyl (C=O) groups excluding carboxylic acids is 2. The van der Waals surface area contributed by atoms with Crippen LogP contribution in [0.25, 0.3) is 0 Å². The van der Waals surface area contributed by atoms with Crippen molar-refractivity contribution in [2.45, 2.75) is 58.4 Å². The number of hydrogen-bond donors (Lipinski definition) is 1. The molecule has 1 heterocycles. The highest BCUT2D eigenvalue weighted by Crippen LogP contribution is 2.45. The van der Waals surface area contributed by atoms with Crippen LogP contribution in [0.15, 0.2) is 12.1 Å². The molecule has 1 aliphatic heterocycles. The molecule has 0 aromatic heterocycles. The van der Waals surface area contributed by atoms with Gasteiger partial charge >= 0.3 is 0 Å². The number of carbonyl (C=O) groups is 2. The quantitative estimate of drug-likeness (QED) is 0.528. The summed E-state index contributed by atoms with van der Waals surface area (Å²) in [5.74, 6) is 0.524. The maximum Gasteiger partial charge on any atom is 0.264 e. The lowest BCUT2D eigenvalue weighted by Crippen LogP contribution is -2.46. The van der Waals surface area contributed by atoms with Gasteiger partial charge in [0.25, 0.3) is 5.91 Å². The molecule has 8 heteroatoms. The van der Waals surface area contributed by atoms with E-state index in [0.717, 1.165) is 62.8 Å². The van der Waals surface area contributed by atoms with E-state index in [-0.39, 0.29) is 17.5 Å². The molecule has 1 aliphatic carbocycles. The fraction of sp³-hybridized carbons (Fsp3) is 0.667. The van der Waals surface area contributed by atoms with Crippen LogP contribution >= 0.6 is 11.9 Å². The van der Waals surface area contributed by atoms with E-state index in [1.165, 1.54) is 6.07 Å². The van der Waals surface area contributed by atoms with Gasteiger partial charge in [-0.15, -0.1) is 0 Å². The van der Waals surface area contributed by atoms with Crippen LogP contribution in [-0.4, -0.2) is 66.7 Å². The van der Waals surface area contributed by atoms with E-state index in [1.807, 2.05) is 25.7 Å². The highest BCUT2D eigenvalue weighted by Gasteiger charge is 2.30. The van der Waals surface area contributed by atoms with E-state index in [9.17, 15) is 14.0 Å². The second kappa shape index (κ2) is 11.4. The molecule has 6 nitrogen and oxygen atoms in total. The molecule has 3 rings (SSSR count). The predicted octanol–water partition coefficient (Wildman–Crippen LogP) is 4.06. The van der Waals surface area contributed by atoms with Gasteiger partial charge in [-0.2, -0.15) is 0 Å². The van der Waals surface area contributed by atoms with Crippen LogP contribution in [0, 0.1) is 11.7 Å². The summed E-state index contributed by atoms with van der Waals surface area (Å²) in [5.41, 5.74) is 1.02. The minimum absolute atomic E-state index is 0.0779. The van der Waals surface area contributed by atoms with E-state index in [1.54, 1.807) is 12.3 Å². The van der Waals surface area contributed by atoms with Gasteiger partial charge < -0.3 is 9.64 Å². The molecule has 1 aromatic rings. The Hall–Kier alpha value is -1.80. The van der Waals surface area contributed by atoms with Crippen molar-refractivity contribution in [2.75, 3.05) is 39.0 Å². The Kier molecular flexibility index (Phi) is 8.82. The summed E-state index contributed by atoms with van der Waals surface area (Å²) in [7, 11) is 0. The Labute approximate surface area is 195 Å². The molecule has 0 atom stereocenters. The van der Waals surface area contributed by atoms with E-state index in [0.29, 0.717) is 30.7 Å². The first-order chi connectivity index (χ1) is 15.3. The Bertz CT molecular complexity index is 808. The summed E-state index contributed by atoms with van der Waals surface area (Å²) in [5, 5.41) is 0. The number of nitrogens with one attached hydrogen (secondary N) is 1. The van der Waals surface area contributed by atoms with Crippen LogP contribution in [0.3, 0.4) is 0 Å². The standard InChI is InChI=1S/C24H36FN3O3S/c1-5-28(16(2)3)23(29)14-27-10-8-17(9-11-27)15-31-22-13-21(25)20(24(30)26-32-4)12-19(22)18-6-7-18/h12-13,16-18H,5-11,14-15H2,1-4H3,(H,26,30). The van der Waals surface area contributed by atoms with Crippen molar-refractivity contribution in [3.8, 4) is 5.75 Å². The number of halogens is 1. The number of likely N-dealkylation sites (N-methyl/N-ethyl adjacent to an activating group) is 1. The Morgan fingerprint density at radius 2 is 1.94 bits per heavy atom. The topological polar surface area (TPSA) is 61.9 Å². The average molecular weight is 466 g/mol. The SMILES string of the molecule is CCN(C(=O)CN1CCC(COc2cc(F)c(C(=O)NSC)cc2C2CC2)CC1)C(C)C. The fourth-order valence-electron chi connectivity index (χ4n) is 4.36. The van der Waals surface area contributed by atoms with Crippen LogP contribution in [-0.2, 0) is 4.79 Å². The second-order valence-corrected chi connectivity index (χ2v) is 9.70. The molecule has 32 heavy (non-hydrogen) atoms. The van der Waals surface area contributed by atoms with Crippen molar-refractivity contribution in [2.24, 2.45) is 5.92 Å². The predicted molar refractivity (Wildman–Crippen MR) is 127 cm³/mol. The normalized spacial score (nSPS) is 17.4. The van der Waals surface area contributed by atoms with Gasteiger partial charge in [-0.3, -0.25) is 19.2 Å². The van der Waals surface area contributed by atoms with E-state index < -0.39 is 11.7 Å². The minimum Gasteiger partial charge on any atom is -0.493 e. The number of likely N-dealkylation sites (tertiary alicyclic amines) is 1. The number of amides is 2. The lowest BCUT2D eigenvalue weighted by Gasteiger charge is -2.34. The van der Waals surface area contributed by atoms with Crippen LogP contribution < -0.4 is 9.46 Å². The zero-order chi connectivity index (χ0) is 23.3. The summed E-state index contributed by atoms with van der Waals surface area (Å²) >= 11 is 1.16. The zero-order valence-corrected chi connectivity index (χ0v) is 20.5. The summed E-state index contributed by atoms with van der Waals surface area (Å²) in [6, 6.07) is 3.26. The minimum atomic E-state index is -0.546. The first-order valence-corrected chi connectivity index (χ1v) is 12.9. The average Bonchev–Trinajstić information content (AvgIpc) is 3.59. The van der Waals surface area contributed by atoms with Crippen molar-refractivity contribution in [3.63, 3.8) is 0 Å². The largest absolute Gasteiger partial charge is 0.493 e. The van der Waals surface area contributed by atoms with Crippen LogP contribution in [0.1, 0.15) is 68.3 Å². The summed E-state index contributed by atoms with van der Waals surface area (Å²) in [6.07, 6.45) is 5.74. The number of nitrogens with zero attached hydrogens (tertiary/aromatic N) is 2. The van der Waals surface area contributed by atoms with Crippen molar-refractivity contribution in [3.05, 3.63) is 29.1 Å². The van der Waals surface area contributed by atoms with Crippen molar-refractivity contribution in [1.82, 2.24) is 14.5 Å². The molecule has 1 aromatic carbocycles. The lowest BCUT2D eigenvalue weighted by atomic mass is 9.97. The van der Waals surface area contributed by atoms with Crippen LogP contribution in [0.4, 0.5) is 4.39 Å². The molecule has 1 N–H and O–H groups in total. The maximum absolute atomic E-state index is 14.6. The summed E-state index contributed by atoms with van der Waals surface area (Å²) < 4.78 is 23.3. The molecule has 2 aliphatic rings. The monoisotopic (exact) mass is 465 g/mol. The van der Waals surface area contributed by atoms with E-state index in [4.69, 9.17) is 4.74 Å². The number of ether oxygens (including phenoxy) is 1. The first kappa shape index (κ1) is 24.8. The zero-order valence-electron chi connectivity index (χ0n) is 19.7. The number of rotatable bonds is 10. The maximum atomic E-state index is 14.6. The molecule has 2 fully saturated rings. The molecular formula is C24H36FN3O3S. The number of benzene rings is 1. The third kappa shape index (κ3) is 6.38. The molecule has 2 amide bonds. The van der Waals surface area contributed by atoms with Gasteiger partial charge in [-0.05, 0) is 83.0 Å². The van der Waals surface area contributed by atoms with Gasteiger partial charge in [-0.25, -0.2) is 4.39 Å². The molecule has 1 saturated heterocycles. The molecule has 1 saturated carbocycles. The first-order valence-electron chi connectivity index (χ1n) is 11.6. The summed E-state index contributed by atoms with van der Waals surface area (Å²) in [4.78, 5) is 28.8. The molecule has 0 spiro atoms. The molecule has 0 unspecified atom stereocenters. The van der Waals surface area contributed by atoms with E-state index >= 15 is 0 Å². The summed E-state index contributed by atoms with van der Waals surface area (Å²) in [6.45, 7) is 9.58. The Balaban J connectivity index is 1.54. The molecule has 0 bridgehead atoms. The number of piperidine rings is 1. The Morgan fingerprint density at radius 3 is 2.50 bits per heavy atom. The molecule has 0 radical (unpaired) electrons. The van der Waals surface area contributed by atoms with Gasteiger partial charge in [0.1, 0.15) is 11.6 Å². The Morgan fingerprint density at radius 1 is 1.25 bits per heavy atom.